The summed E-state index contributed by atoms with van der Waals surface area (Å²) in [6.45, 7) is 3.40. The number of aryl methyl sites for hydroxylation is 2. The summed E-state index contributed by atoms with van der Waals surface area (Å²) >= 11 is 12.9. The third-order valence-electron chi connectivity index (χ3n) is 4.28. The van der Waals surface area contributed by atoms with Crippen molar-refractivity contribution in [2.75, 3.05) is 9.44 Å². The lowest BCUT2D eigenvalue weighted by atomic mass is 10.4. The predicted molar refractivity (Wildman–Crippen MR) is 148 cm³/mol. The lowest BCUT2D eigenvalue weighted by Crippen LogP contribution is -2.12. The number of rotatable bonds is 6. The first-order valence-corrected chi connectivity index (χ1v) is 15.7. The van der Waals surface area contributed by atoms with Crippen LogP contribution < -0.4 is 9.44 Å². The molecule has 0 fully saturated rings. The van der Waals surface area contributed by atoms with E-state index in [4.69, 9.17) is 9.05 Å². The smallest absolute Gasteiger partial charge is 0.264 e. The standard InChI is InChI=1S/2C10H8Br2N2O3S/c2*1-6-9(12)10(17-13-6)14-18(15,16)8-4-2-7(11)3-5-8/h2*2-5,14H,1H3. The predicted octanol–water partition coefficient (Wildman–Crippen LogP) is 6.62. The second-order valence-electron chi connectivity index (χ2n) is 6.94. The molecule has 0 atom stereocenters. The van der Waals surface area contributed by atoms with Gasteiger partial charge in [-0.1, -0.05) is 42.2 Å². The second kappa shape index (κ2) is 11.8. The lowest BCUT2D eigenvalue weighted by Gasteiger charge is -2.05. The third kappa shape index (κ3) is 7.19. The number of anilines is 2. The van der Waals surface area contributed by atoms with Crippen molar-refractivity contribution in [1.82, 2.24) is 10.3 Å². The highest BCUT2D eigenvalue weighted by atomic mass is 79.9. The van der Waals surface area contributed by atoms with Gasteiger partial charge in [-0.25, -0.2) is 26.3 Å². The molecule has 0 spiro atoms. The van der Waals surface area contributed by atoms with Crippen molar-refractivity contribution < 1.29 is 25.9 Å². The van der Waals surface area contributed by atoms with Crippen LogP contribution in [0.15, 0.2) is 85.3 Å². The number of aromatic nitrogens is 2. The topological polar surface area (TPSA) is 144 Å². The highest BCUT2D eigenvalue weighted by molar-refractivity contribution is 9.11. The van der Waals surface area contributed by atoms with Crippen LogP contribution in [0.1, 0.15) is 11.4 Å². The van der Waals surface area contributed by atoms with Crippen molar-refractivity contribution in [3.63, 3.8) is 0 Å². The van der Waals surface area contributed by atoms with Gasteiger partial charge < -0.3 is 9.05 Å². The zero-order valence-electron chi connectivity index (χ0n) is 18.3. The van der Waals surface area contributed by atoms with E-state index in [1.807, 2.05) is 0 Å². The maximum Gasteiger partial charge on any atom is 0.264 e. The highest BCUT2D eigenvalue weighted by Gasteiger charge is 2.20. The van der Waals surface area contributed by atoms with Crippen molar-refractivity contribution in [2.24, 2.45) is 0 Å². The molecule has 4 rings (SSSR count). The molecule has 192 valence electrons. The summed E-state index contributed by atoms with van der Waals surface area (Å²) in [6, 6.07) is 12.6. The fourth-order valence-electron chi connectivity index (χ4n) is 2.43. The number of sulfonamides is 2. The molecule has 0 radical (unpaired) electrons. The minimum atomic E-state index is -3.67. The number of nitrogens with zero attached hydrogens (tertiary/aromatic N) is 2. The quantitative estimate of drug-likeness (QED) is 0.222. The first kappa shape index (κ1) is 28.8. The minimum absolute atomic E-state index is 0.0652. The summed E-state index contributed by atoms with van der Waals surface area (Å²) in [6.07, 6.45) is 0. The fraction of sp³-hybridized carbons (Fsp3) is 0.100. The Morgan fingerprint density at radius 2 is 0.917 bits per heavy atom. The maximum atomic E-state index is 12.0. The third-order valence-corrected chi connectivity index (χ3v) is 9.90. The normalized spacial score (nSPS) is 11.5. The molecule has 0 saturated heterocycles. The average Bonchev–Trinajstić information content (AvgIpc) is 3.30. The molecule has 0 amide bonds. The van der Waals surface area contributed by atoms with Gasteiger partial charge in [-0.15, -0.1) is 0 Å². The zero-order chi connectivity index (χ0) is 26.7. The fourth-order valence-corrected chi connectivity index (χ4v) is 5.70. The SMILES string of the molecule is Cc1noc(NS(=O)(=O)c2ccc(Br)cc2)c1Br.Cc1noc(NS(=O)(=O)c2ccc(Br)cc2)c1Br. The molecule has 0 aliphatic rings. The van der Waals surface area contributed by atoms with E-state index in [1.165, 1.54) is 24.3 Å². The van der Waals surface area contributed by atoms with Gasteiger partial charge in [-0.3, -0.25) is 0 Å². The summed E-state index contributed by atoms with van der Waals surface area (Å²) in [4.78, 5) is 0.290. The van der Waals surface area contributed by atoms with E-state index in [9.17, 15) is 16.8 Å². The van der Waals surface area contributed by atoms with E-state index in [-0.39, 0.29) is 21.6 Å². The summed E-state index contributed by atoms with van der Waals surface area (Å²) in [7, 11) is -7.35. The van der Waals surface area contributed by atoms with Crippen LogP contribution >= 0.6 is 63.7 Å². The van der Waals surface area contributed by atoms with Crippen LogP contribution in [0.2, 0.25) is 0 Å². The Balaban J connectivity index is 0.000000201. The molecule has 36 heavy (non-hydrogen) atoms. The molecular weight excluding hydrogens is 776 g/mol. The van der Waals surface area contributed by atoms with E-state index < -0.39 is 20.0 Å². The highest BCUT2D eigenvalue weighted by Crippen LogP contribution is 2.29. The van der Waals surface area contributed by atoms with E-state index in [1.54, 1.807) is 38.1 Å². The van der Waals surface area contributed by atoms with Gasteiger partial charge in [0.05, 0.1) is 21.2 Å². The molecule has 0 saturated carbocycles. The number of benzene rings is 2. The van der Waals surface area contributed by atoms with E-state index >= 15 is 0 Å². The largest absolute Gasteiger partial charge is 0.336 e. The first-order chi connectivity index (χ1) is 16.8. The molecule has 2 aromatic carbocycles. The Bertz CT molecular complexity index is 1450. The summed E-state index contributed by atoms with van der Waals surface area (Å²) < 4.78 is 65.2. The van der Waals surface area contributed by atoms with Gasteiger partial charge in [0.2, 0.25) is 0 Å². The van der Waals surface area contributed by atoms with Crippen LogP contribution in [-0.4, -0.2) is 27.1 Å². The van der Waals surface area contributed by atoms with Gasteiger partial charge in [-0.05, 0) is 94.2 Å². The molecular formula is C20H16Br4N4O6S2. The number of hydrogen-bond donors (Lipinski definition) is 2. The van der Waals surface area contributed by atoms with E-state index in [2.05, 4.69) is 83.5 Å². The summed E-state index contributed by atoms with van der Waals surface area (Å²) in [5, 5.41) is 7.30. The van der Waals surface area contributed by atoms with Crippen LogP contribution in [-0.2, 0) is 20.0 Å². The molecule has 2 N–H and O–H groups in total. The van der Waals surface area contributed by atoms with Crippen LogP contribution in [0, 0.1) is 13.8 Å². The first-order valence-electron chi connectivity index (χ1n) is 9.60. The Kier molecular flexibility index (Phi) is 9.43. The molecule has 0 unspecified atom stereocenters. The lowest BCUT2D eigenvalue weighted by molar-refractivity contribution is 0.430. The number of halogens is 4. The van der Waals surface area contributed by atoms with Gasteiger partial charge in [0.15, 0.2) is 0 Å². The van der Waals surface area contributed by atoms with Crippen LogP contribution in [0.4, 0.5) is 11.8 Å². The van der Waals surface area contributed by atoms with Crippen LogP contribution in [0.25, 0.3) is 0 Å². The zero-order valence-corrected chi connectivity index (χ0v) is 26.3. The Labute approximate surface area is 240 Å². The van der Waals surface area contributed by atoms with E-state index in [0.717, 1.165) is 8.95 Å². The van der Waals surface area contributed by atoms with Crippen molar-refractivity contribution in [3.05, 3.63) is 77.8 Å². The van der Waals surface area contributed by atoms with Gasteiger partial charge in [0, 0.05) is 8.95 Å². The van der Waals surface area contributed by atoms with E-state index in [0.29, 0.717) is 20.3 Å². The molecule has 10 nitrogen and oxygen atoms in total. The summed E-state index contributed by atoms with van der Waals surface area (Å²) in [5.41, 5.74) is 1.15. The van der Waals surface area contributed by atoms with Gasteiger partial charge in [-0.2, -0.15) is 0 Å². The molecule has 0 bridgehead atoms. The van der Waals surface area contributed by atoms with Crippen molar-refractivity contribution in [2.45, 2.75) is 23.6 Å². The minimum Gasteiger partial charge on any atom is -0.336 e. The van der Waals surface area contributed by atoms with Gasteiger partial charge in [0.1, 0.15) is 8.95 Å². The molecule has 0 aliphatic heterocycles. The number of hydrogen-bond acceptors (Lipinski definition) is 8. The van der Waals surface area contributed by atoms with Gasteiger partial charge >= 0.3 is 0 Å². The van der Waals surface area contributed by atoms with Crippen molar-refractivity contribution in [1.29, 1.82) is 0 Å². The molecule has 2 aromatic heterocycles. The van der Waals surface area contributed by atoms with Crippen molar-refractivity contribution >= 4 is 95.5 Å². The van der Waals surface area contributed by atoms with Crippen LogP contribution in [0.3, 0.4) is 0 Å². The Morgan fingerprint density at radius 1 is 0.611 bits per heavy atom. The second-order valence-corrected chi connectivity index (χ2v) is 13.7. The maximum absolute atomic E-state index is 12.0. The number of nitrogens with one attached hydrogen (secondary N) is 2. The Morgan fingerprint density at radius 3 is 1.17 bits per heavy atom. The van der Waals surface area contributed by atoms with Crippen molar-refractivity contribution in [3.8, 4) is 0 Å². The van der Waals surface area contributed by atoms with Gasteiger partial charge in [0.25, 0.3) is 31.8 Å². The molecule has 4 aromatic rings. The van der Waals surface area contributed by atoms with Crippen LogP contribution in [0.5, 0.6) is 0 Å². The monoisotopic (exact) mass is 788 g/mol. The average molecular weight is 792 g/mol. The molecule has 2 heterocycles. The molecule has 16 heteroatoms. The molecule has 0 aliphatic carbocycles. The summed E-state index contributed by atoms with van der Waals surface area (Å²) in [5.74, 6) is 0.130. The Hall–Kier alpha value is -1.72.